The van der Waals surface area contributed by atoms with Crippen LogP contribution in [0.4, 0.5) is 26.3 Å². The smallest absolute Gasteiger partial charge is 0.423 e. The highest BCUT2D eigenvalue weighted by Gasteiger charge is 2.47. The van der Waals surface area contributed by atoms with Crippen molar-refractivity contribution in [3.8, 4) is 0 Å². The minimum Gasteiger partial charge on any atom is -0.495 e. The van der Waals surface area contributed by atoms with Crippen LogP contribution in [-0.4, -0.2) is 24.9 Å². The maximum Gasteiger partial charge on any atom is 0.423 e. The summed E-state index contributed by atoms with van der Waals surface area (Å²) in [6.07, 6.45) is -14.8. The molecular formula is C7H8F6O. The first-order valence-corrected chi connectivity index (χ1v) is 3.54. The van der Waals surface area contributed by atoms with Crippen molar-refractivity contribution in [1.29, 1.82) is 0 Å². The van der Waals surface area contributed by atoms with Gasteiger partial charge >= 0.3 is 6.18 Å². The lowest BCUT2D eigenvalue weighted by Gasteiger charge is -2.21. The molecule has 0 amide bonds. The summed E-state index contributed by atoms with van der Waals surface area (Å²) in [5, 5.41) is 0. The molecular weight excluding hydrogens is 214 g/mol. The summed E-state index contributed by atoms with van der Waals surface area (Å²) in [4.78, 5) is 0. The zero-order chi connectivity index (χ0) is 11.4. The first-order chi connectivity index (χ1) is 6.29. The van der Waals surface area contributed by atoms with Crippen LogP contribution < -0.4 is 0 Å². The maximum absolute atomic E-state index is 12.5. The van der Waals surface area contributed by atoms with E-state index in [4.69, 9.17) is 0 Å². The van der Waals surface area contributed by atoms with E-state index in [2.05, 4.69) is 11.3 Å². The van der Waals surface area contributed by atoms with Gasteiger partial charge in [0.25, 0.3) is 0 Å². The summed E-state index contributed by atoms with van der Waals surface area (Å²) in [5.74, 6) is 0. The molecule has 2 unspecified atom stereocenters. The third-order valence-corrected chi connectivity index (χ3v) is 1.32. The van der Waals surface area contributed by atoms with Crippen LogP contribution in [0.15, 0.2) is 12.8 Å². The fourth-order valence-electron chi connectivity index (χ4n) is 0.754. The fraction of sp³-hybridized carbons (Fsp3) is 0.714. The van der Waals surface area contributed by atoms with Crippen molar-refractivity contribution < 1.29 is 31.1 Å². The van der Waals surface area contributed by atoms with Gasteiger partial charge in [-0.3, -0.25) is 0 Å². The van der Waals surface area contributed by atoms with Gasteiger partial charge in [-0.05, 0) is 0 Å². The van der Waals surface area contributed by atoms with Gasteiger partial charge in [-0.2, -0.15) is 13.2 Å². The number of rotatable bonds is 5. The molecule has 0 saturated carbocycles. The van der Waals surface area contributed by atoms with Crippen molar-refractivity contribution in [3.63, 3.8) is 0 Å². The Labute approximate surface area is 76.3 Å². The molecule has 0 aromatic heterocycles. The molecule has 84 valence electrons. The molecule has 0 fully saturated rings. The zero-order valence-corrected chi connectivity index (χ0v) is 6.90. The highest BCUT2D eigenvalue weighted by Crippen LogP contribution is 2.29. The third-order valence-electron chi connectivity index (χ3n) is 1.32. The van der Waals surface area contributed by atoms with Crippen LogP contribution in [0.1, 0.15) is 6.42 Å². The van der Waals surface area contributed by atoms with Crippen molar-refractivity contribution in [1.82, 2.24) is 0 Å². The van der Waals surface area contributed by atoms with Crippen molar-refractivity contribution >= 4 is 0 Å². The van der Waals surface area contributed by atoms with Gasteiger partial charge in [0.1, 0.15) is 6.10 Å². The molecule has 2 atom stereocenters. The van der Waals surface area contributed by atoms with Crippen molar-refractivity contribution in [3.05, 3.63) is 12.8 Å². The Morgan fingerprint density at radius 1 is 1.21 bits per heavy atom. The van der Waals surface area contributed by atoms with Crippen LogP contribution in [0.3, 0.4) is 0 Å². The molecule has 0 aromatic rings. The standard InChI is InChI=1S/C7H8F6O/c1-2-14-4(3-5(8)9)6(10)7(11,12)13/h2,4-6H,1,3H2. The van der Waals surface area contributed by atoms with Gasteiger partial charge in [-0.15, -0.1) is 0 Å². The second-order valence-electron chi connectivity index (χ2n) is 2.41. The molecule has 0 bridgehead atoms. The zero-order valence-electron chi connectivity index (χ0n) is 6.90. The second kappa shape index (κ2) is 5.11. The molecule has 0 N–H and O–H groups in total. The number of hydrogen-bond acceptors (Lipinski definition) is 1. The topological polar surface area (TPSA) is 9.23 Å². The summed E-state index contributed by atoms with van der Waals surface area (Å²) in [6.45, 7) is 2.87. The van der Waals surface area contributed by atoms with Crippen LogP contribution in [0, 0.1) is 0 Å². The Morgan fingerprint density at radius 2 is 1.71 bits per heavy atom. The Balaban J connectivity index is 4.39. The van der Waals surface area contributed by atoms with E-state index in [1.54, 1.807) is 0 Å². The van der Waals surface area contributed by atoms with Crippen LogP contribution in [-0.2, 0) is 4.74 Å². The van der Waals surface area contributed by atoms with Gasteiger partial charge in [0, 0.05) is 6.42 Å². The molecule has 0 spiro atoms. The number of halogens is 6. The van der Waals surface area contributed by atoms with E-state index < -0.39 is 31.3 Å². The van der Waals surface area contributed by atoms with E-state index in [-0.39, 0.29) is 0 Å². The molecule has 0 aliphatic rings. The predicted octanol–water partition coefficient (Wildman–Crippen LogP) is 3.07. The molecule has 0 rings (SSSR count). The normalized spacial score (nSPS) is 16.5. The summed E-state index contributed by atoms with van der Waals surface area (Å²) in [6, 6.07) is 0. The van der Waals surface area contributed by atoms with E-state index in [1.807, 2.05) is 0 Å². The highest BCUT2D eigenvalue weighted by atomic mass is 19.4. The number of alkyl halides is 6. The Morgan fingerprint density at radius 3 is 2.00 bits per heavy atom. The van der Waals surface area contributed by atoms with Crippen LogP contribution >= 0.6 is 0 Å². The van der Waals surface area contributed by atoms with Crippen LogP contribution in [0.25, 0.3) is 0 Å². The lowest BCUT2D eigenvalue weighted by Crippen LogP contribution is -2.38. The average Bonchev–Trinajstić information content (AvgIpc) is 2.00. The van der Waals surface area contributed by atoms with Crippen molar-refractivity contribution in [2.75, 3.05) is 0 Å². The van der Waals surface area contributed by atoms with E-state index in [1.165, 1.54) is 0 Å². The summed E-state index contributed by atoms with van der Waals surface area (Å²) >= 11 is 0. The van der Waals surface area contributed by atoms with Crippen molar-refractivity contribution in [2.24, 2.45) is 0 Å². The monoisotopic (exact) mass is 222 g/mol. The minimum absolute atomic E-state index is 0.505. The average molecular weight is 222 g/mol. The Hall–Kier alpha value is -0.880. The Bertz CT molecular complexity index is 178. The molecule has 7 heteroatoms. The highest BCUT2D eigenvalue weighted by molar-refractivity contribution is 4.79. The molecule has 0 radical (unpaired) electrons. The van der Waals surface area contributed by atoms with Crippen molar-refractivity contribution in [2.45, 2.75) is 31.3 Å². The number of hydrogen-bond donors (Lipinski definition) is 0. The molecule has 1 nitrogen and oxygen atoms in total. The lowest BCUT2D eigenvalue weighted by atomic mass is 10.1. The van der Waals surface area contributed by atoms with Gasteiger partial charge < -0.3 is 4.74 Å². The summed E-state index contributed by atoms with van der Waals surface area (Å²) < 4.78 is 75.2. The predicted molar refractivity (Wildman–Crippen MR) is 36.6 cm³/mol. The summed E-state index contributed by atoms with van der Waals surface area (Å²) in [5.41, 5.74) is 0. The molecule has 0 aromatic carbocycles. The largest absolute Gasteiger partial charge is 0.495 e. The molecule has 14 heavy (non-hydrogen) atoms. The summed E-state index contributed by atoms with van der Waals surface area (Å²) in [7, 11) is 0. The molecule has 0 saturated heterocycles. The second-order valence-corrected chi connectivity index (χ2v) is 2.41. The maximum atomic E-state index is 12.5. The van der Waals surface area contributed by atoms with E-state index in [0.29, 0.717) is 6.26 Å². The van der Waals surface area contributed by atoms with Gasteiger partial charge in [-0.1, -0.05) is 6.58 Å². The fourth-order valence-corrected chi connectivity index (χ4v) is 0.754. The minimum atomic E-state index is -5.21. The molecule has 0 heterocycles. The van der Waals surface area contributed by atoms with Crippen LogP contribution in [0.5, 0.6) is 0 Å². The van der Waals surface area contributed by atoms with E-state index in [0.717, 1.165) is 0 Å². The van der Waals surface area contributed by atoms with Gasteiger partial charge in [-0.25, -0.2) is 13.2 Å². The number of ether oxygens (including phenoxy) is 1. The molecule has 0 aliphatic carbocycles. The van der Waals surface area contributed by atoms with Gasteiger partial charge in [0.05, 0.1) is 6.26 Å². The first-order valence-electron chi connectivity index (χ1n) is 3.54. The molecule has 0 aliphatic heterocycles. The van der Waals surface area contributed by atoms with Gasteiger partial charge in [0.15, 0.2) is 0 Å². The van der Waals surface area contributed by atoms with E-state index >= 15 is 0 Å². The van der Waals surface area contributed by atoms with Gasteiger partial charge in [0.2, 0.25) is 12.6 Å². The van der Waals surface area contributed by atoms with E-state index in [9.17, 15) is 26.3 Å². The van der Waals surface area contributed by atoms with Crippen LogP contribution in [0.2, 0.25) is 0 Å². The third kappa shape index (κ3) is 4.38. The lowest BCUT2D eigenvalue weighted by molar-refractivity contribution is -0.209. The quantitative estimate of drug-likeness (QED) is 0.513. The SMILES string of the molecule is C=COC(CC(F)F)C(F)C(F)(F)F. The first kappa shape index (κ1) is 13.1. The Kier molecular flexibility index (Phi) is 4.79.